The van der Waals surface area contributed by atoms with Crippen LogP contribution in [0.15, 0.2) is 48.0 Å². The molecule has 0 saturated carbocycles. The van der Waals surface area contributed by atoms with Crippen molar-refractivity contribution < 1.29 is 14.3 Å². The molecule has 0 aromatic heterocycles. The van der Waals surface area contributed by atoms with E-state index in [0.717, 1.165) is 22.3 Å². The first-order valence-corrected chi connectivity index (χ1v) is 7.53. The van der Waals surface area contributed by atoms with Crippen LogP contribution >= 0.6 is 11.6 Å². The molecule has 0 fully saturated rings. The molecule has 116 valence electrons. The predicted octanol–water partition coefficient (Wildman–Crippen LogP) is 5.28. The van der Waals surface area contributed by atoms with Crippen molar-refractivity contribution in [3.63, 3.8) is 0 Å². The molecule has 2 aromatic carbocycles. The van der Waals surface area contributed by atoms with E-state index < -0.39 is 5.97 Å². The summed E-state index contributed by atoms with van der Waals surface area (Å²) in [5, 5.41) is 9.76. The van der Waals surface area contributed by atoms with Crippen LogP contribution in [0.2, 0.25) is 5.02 Å². The SMILES string of the molecule is CC1=C(CC(=O)O)c2cc(F)ccc2/C1=C\c1cccc(Cl)c1. The van der Waals surface area contributed by atoms with Crippen molar-refractivity contribution >= 4 is 34.8 Å². The molecule has 0 heterocycles. The lowest BCUT2D eigenvalue weighted by molar-refractivity contribution is -0.135. The van der Waals surface area contributed by atoms with Crippen LogP contribution < -0.4 is 0 Å². The van der Waals surface area contributed by atoms with Crippen LogP contribution in [0.4, 0.5) is 4.39 Å². The summed E-state index contributed by atoms with van der Waals surface area (Å²) >= 11 is 6.02. The number of fused-ring (bicyclic) bond motifs is 1. The minimum Gasteiger partial charge on any atom is -0.481 e. The number of carboxylic acid groups (broad SMARTS) is 1. The second-order valence-electron chi connectivity index (χ2n) is 5.48. The molecule has 0 radical (unpaired) electrons. The smallest absolute Gasteiger partial charge is 0.307 e. The maximum Gasteiger partial charge on any atom is 0.307 e. The number of rotatable bonds is 3. The van der Waals surface area contributed by atoms with Crippen molar-refractivity contribution in [2.75, 3.05) is 0 Å². The van der Waals surface area contributed by atoms with E-state index in [0.29, 0.717) is 16.2 Å². The number of halogens is 2. The normalized spacial score (nSPS) is 15.2. The topological polar surface area (TPSA) is 37.3 Å². The highest BCUT2D eigenvalue weighted by atomic mass is 35.5. The zero-order valence-electron chi connectivity index (χ0n) is 12.4. The zero-order valence-corrected chi connectivity index (χ0v) is 13.2. The van der Waals surface area contributed by atoms with Crippen LogP contribution in [0.5, 0.6) is 0 Å². The Morgan fingerprint density at radius 1 is 1.22 bits per heavy atom. The van der Waals surface area contributed by atoms with E-state index in [2.05, 4.69) is 0 Å². The van der Waals surface area contributed by atoms with Crippen molar-refractivity contribution in [1.82, 2.24) is 0 Å². The second kappa shape index (κ2) is 6.01. The Bertz CT molecular complexity index is 865. The van der Waals surface area contributed by atoms with Crippen LogP contribution in [-0.2, 0) is 4.79 Å². The summed E-state index contributed by atoms with van der Waals surface area (Å²) in [5.41, 5.74) is 4.82. The number of allylic oxidation sites excluding steroid dienone is 2. The molecule has 4 heteroatoms. The van der Waals surface area contributed by atoms with Crippen molar-refractivity contribution in [2.24, 2.45) is 0 Å². The Hall–Kier alpha value is -2.39. The highest BCUT2D eigenvalue weighted by molar-refractivity contribution is 6.30. The van der Waals surface area contributed by atoms with Gasteiger partial charge in [-0.15, -0.1) is 0 Å². The molecule has 0 spiro atoms. The van der Waals surface area contributed by atoms with Gasteiger partial charge in [-0.1, -0.05) is 29.8 Å². The van der Waals surface area contributed by atoms with Crippen molar-refractivity contribution in [2.45, 2.75) is 13.3 Å². The summed E-state index contributed by atoms with van der Waals surface area (Å²) in [5.74, 6) is -1.30. The Balaban J connectivity index is 2.17. The molecule has 1 N–H and O–H groups in total. The van der Waals surface area contributed by atoms with Gasteiger partial charge in [0, 0.05) is 5.02 Å². The summed E-state index contributed by atoms with van der Waals surface area (Å²) < 4.78 is 13.6. The molecule has 2 aromatic rings. The summed E-state index contributed by atoms with van der Waals surface area (Å²) in [6.07, 6.45) is 1.82. The third-order valence-corrected chi connectivity index (χ3v) is 4.18. The molecule has 1 aliphatic carbocycles. The number of aliphatic carboxylic acids is 1. The molecular weight excluding hydrogens is 315 g/mol. The molecule has 0 amide bonds. The summed E-state index contributed by atoms with van der Waals surface area (Å²) in [6, 6.07) is 11.9. The van der Waals surface area contributed by atoms with Crippen LogP contribution in [0.3, 0.4) is 0 Å². The Morgan fingerprint density at radius 2 is 2.00 bits per heavy atom. The fourth-order valence-corrected chi connectivity index (χ4v) is 3.09. The van der Waals surface area contributed by atoms with E-state index >= 15 is 0 Å². The second-order valence-corrected chi connectivity index (χ2v) is 5.91. The van der Waals surface area contributed by atoms with E-state index in [1.807, 2.05) is 31.2 Å². The van der Waals surface area contributed by atoms with Gasteiger partial charge in [0.1, 0.15) is 5.82 Å². The lowest BCUT2D eigenvalue weighted by Gasteiger charge is -2.04. The van der Waals surface area contributed by atoms with Crippen molar-refractivity contribution in [3.05, 3.63) is 75.6 Å². The fraction of sp³-hybridized carbons (Fsp3) is 0.105. The lowest BCUT2D eigenvalue weighted by Crippen LogP contribution is -1.97. The molecule has 1 aliphatic rings. The van der Waals surface area contributed by atoms with Gasteiger partial charge in [-0.2, -0.15) is 0 Å². The van der Waals surface area contributed by atoms with E-state index in [4.69, 9.17) is 16.7 Å². The van der Waals surface area contributed by atoms with Gasteiger partial charge in [-0.3, -0.25) is 4.79 Å². The average molecular weight is 329 g/mol. The molecule has 23 heavy (non-hydrogen) atoms. The van der Waals surface area contributed by atoms with E-state index in [1.54, 1.807) is 12.1 Å². The summed E-state index contributed by atoms with van der Waals surface area (Å²) in [4.78, 5) is 11.1. The van der Waals surface area contributed by atoms with Gasteiger partial charge in [0.25, 0.3) is 0 Å². The molecule has 0 atom stereocenters. The first-order chi connectivity index (χ1) is 11.0. The van der Waals surface area contributed by atoms with Gasteiger partial charge in [0.15, 0.2) is 0 Å². The summed E-state index contributed by atoms with van der Waals surface area (Å²) in [6.45, 7) is 1.87. The first-order valence-electron chi connectivity index (χ1n) is 7.15. The molecule has 2 nitrogen and oxygen atoms in total. The summed E-state index contributed by atoms with van der Waals surface area (Å²) in [7, 11) is 0. The quantitative estimate of drug-likeness (QED) is 0.832. The molecule has 0 bridgehead atoms. The minimum atomic E-state index is -0.932. The Kier molecular flexibility index (Phi) is 4.05. The minimum absolute atomic E-state index is 0.130. The lowest BCUT2D eigenvalue weighted by atomic mass is 10.0. The monoisotopic (exact) mass is 328 g/mol. The van der Waals surface area contributed by atoms with Gasteiger partial charge < -0.3 is 5.11 Å². The maximum absolute atomic E-state index is 13.6. The maximum atomic E-state index is 13.6. The number of carboxylic acids is 1. The number of hydrogen-bond donors (Lipinski definition) is 1. The third-order valence-electron chi connectivity index (χ3n) is 3.94. The largest absolute Gasteiger partial charge is 0.481 e. The van der Waals surface area contributed by atoms with Crippen LogP contribution in [-0.4, -0.2) is 11.1 Å². The number of benzene rings is 2. The van der Waals surface area contributed by atoms with E-state index in [9.17, 15) is 9.18 Å². The molecular formula is C19H14ClFO2. The fourth-order valence-electron chi connectivity index (χ4n) is 2.90. The van der Waals surface area contributed by atoms with Crippen LogP contribution in [0, 0.1) is 5.82 Å². The molecule has 0 unspecified atom stereocenters. The van der Waals surface area contributed by atoms with E-state index in [1.165, 1.54) is 12.1 Å². The molecule has 0 saturated heterocycles. The predicted molar refractivity (Wildman–Crippen MR) is 90.6 cm³/mol. The third kappa shape index (κ3) is 3.06. The van der Waals surface area contributed by atoms with Gasteiger partial charge in [0.05, 0.1) is 6.42 Å². The highest BCUT2D eigenvalue weighted by Crippen LogP contribution is 2.43. The van der Waals surface area contributed by atoms with Crippen molar-refractivity contribution in [3.8, 4) is 0 Å². The van der Waals surface area contributed by atoms with E-state index in [-0.39, 0.29) is 12.2 Å². The first kappa shape index (κ1) is 15.5. The number of carbonyl (C=O) groups is 1. The molecule has 0 aliphatic heterocycles. The van der Waals surface area contributed by atoms with Crippen LogP contribution in [0.1, 0.15) is 30.0 Å². The highest BCUT2D eigenvalue weighted by Gasteiger charge is 2.25. The van der Waals surface area contributed by atoms with Crippen LogP contribution in [0.25, 0.3) is 17.2 Å². The van der Waals surface area contributed by atoms with Gasteiger partial charge in [0.2, 0.25) is 0 Å². The average Bonchev–Trinajstić information content (AvgIpc) is 2.72. The van der Waals surface area contributed by atoms with Gasteiger partial charge >= 0.3 is 5.97 Å². The zero-order chi connectivity index (χ0) is 16.6. The number of hydrogen-bond acceptors (Lipinski definition) is 1. The van der Waals surface area contributed by atoms with Gasteiger partial charge in [-0.05, 0) is 70.7 Å². The Morgan fingerprint density at radius 3 is 2.70 bits per heavy atom. The molecule has 3 rings (SSSR count). The standard InChI is InChI=1S/C19H14ClFO2/c1-11-16(8-12-3-2-4-13(20)7-12)15-6-5-14(21)9-18(15)17(11)10-19(22)23/h2-9H,10H2,1H3,(H,22,23)/b16-8-. The van der Waals surface area contributed by atoms with Gasteiger partial charge in [-0.25, -0.2) is 4.39 Å². The van der Waals surface area contributed by atoms with Crippen molar-refractivity contribution in [1.29, 1.82) is 0 Å². The Labute approximate surface area is 138 Å².